The molecule has 0 aromatic heterocycles. The molecule has 40 heavy (non-hydrogen) atoms. The molecule has 0 aromatic carbocycles. The highest BCUT2D eigenvalue weighted by atomic mass is 16.6. The van der Waals surface area contributed by atoms with E-state index in [0.29, 0.717) is 6.54 Å². The molecule has 1 unspecified atom stereocenters. The molecule has 222 valence electrons. The van der Waals surface area contributed by atoms with Crippen molar-refractivity contribution in [3.8, 4) is 6.07 Å². The van der Waals surface area contributed by atoms with Gasteiger partial charge in [-0.25, -0.2) is 4.79 Å². The number of aliphatic imine (C=N–C) groups is 1. The third-order valence-electron chi connectivity index (χ3n) is 6.39. The summed E-state index contributed by atoms with van der Waals surface area (Å²) in [5.41, 5.74) is 6.00. The van der Waals surface area contributed by atoms with Crippen LogP contribution in [0.3, 0.4) is 0 Å². The predicted molar refractivity (Wildman–Crippen MR) is 171 cm³/mol. The Morgan fingerprint density at radius 1 is 1.18 bits per heavy atom. The number of piperazine rings is 1. The number of allylic oxidation sites excluding steroid dienone is 10. The van der Waals surface area contributed by atoms with Gasteiger partial charge in [-0.05, 0) is 92.9 Å². The van der Waals surface area contributed by atoms with Crippen molar-refractivity contribution in [3.63, 3.8) is 0 Å². The van der Waals surface area contributed by atoms with E-state index in [1.54, 1.807) is 6.20 Å². The standard InChI is InChI=1S/C21H35N3O2.C13H19N/c1-10-15(3)19(17(5)22-11-2)18(6)23-12-13-24(16(4)14-23)20(25)26-21(7,8)9;1-4-6-7-9-13(11-14)10-12(3)8-5-2/h10-11,16H,2,12-14H2,1,3-9H3;6-7,9-10H,4-5,8H2,1-3H3/b15-10-,19-18+,22-17?;7-6+,12-10+,13-9+. The molecular weight excluding hydrogens is 496 g/mol. The maximum Gasteiger partial charge on any atom is 0.410 e. The molecule has 1 aliphatic rings. The molecule has 0 N–H and O–H groups in total. The first-order chi connectivity index (χ1) is 18.8. The van der Waals surface area contributed by atoms with Crippen molar-refractivity contribution in [2.75, 3.05) is 19.6 Å². The SMILES string of the molecule is C=CN=C(C)C(/C(C)=C\C)=C(\C)N1CCN(C(=O)OC(C)(C)C)C(C)C1.CC/C=C/C=C(C#N)\C=C(/C)CCC. The molecule has 0 spiro atoms. The lowest BCUT2D eigenvalue weighted by Crippen LogP contribution is -2.54. The van der Waals surface area contributed by atoms with Crippen LogP contribution in [0.25, 0.3) is 0 Å². The van der Waals surface area contributed by atoms with E-state index in [-0.39, 0.29) is 12.1 Å². The van der Waals surface area contributed by atoms with E-state index in [1.165, 1.54) is 16.8 Å². The number of ether oxygens (including phenoxy) is 1. The van der Waals surface area contributed by atoms with Crippen LogP contribution in [-0.4, -0.2) is 52.9 Å². The van der Waals surface area contributed by atoms with Gasteiger partial charge in [-0.15, -0.1) is 0 Å². The molecule has 1 atom stereocenters. The minimum atomic E-state index is -0.474. The quantitative estimate of drug-likeness (QED) is 0.163. The van der Waals surface area contributed by atoms with Crippen LogP contribution >= 0.6 is 0 Å². The Bertz CT molecular complexity index is 1060. The van der Waals surface area contributed by atoms with Gasteiger partial charge in [0.1, 0.15) is 5.60 Å². The Morgan fingerprint density at radius 2 is 1.82 bits per heavy atom. The van der Waals surface area contributed by atoms with Gasteiger partial charge in [0, 0.05) is 48.9 Å². The number of hydrogen-bond acceptors (Lipinski definition) is 5. The Balaban J connectivity index is 0.000000919. The highest BCUT2D eigenvalue weighted by Crippen LogP contribution is 2.24. The van der Waals surface area contributed by atoms with Crippen molar-refractivity contribution in [2.24, 2.45) is 4.99 Å². The molecular formula is C34H54N4O2. The second-order valence-electron chi connectivity index (χ2n) is 11.1. The van der Waals surface area contributed by atoms with E-state index in [9.17, 15) is 4.79 Å². The van der Waals surface area contributed by atoms with Crippen molar-refractivity contribution in [1.29, 1.82) is 5.26 Å². The van der Waals surface area contributed by atoms with Crippen molar-refractivity contribution in [3.05, 3.63) is 71.1 Å². The van der Waals surface area contributed by atoms with Crippen LogP contribution in [0.15, 0.2) is 76.1 Å². The molecule has 6 heteroatoms. The van der Waals surface area contributed by atoms with Gasteiger partial charge in [-0.1, -0.05) is 50.6 Å². The van der Waals surface area contributed by atoms with Crippen LogP contribution in [0.5, 0.6) is 0 Å². The van der Waals surface area contributed by atoms with Gasteiger partial charge in [-0.3, -0.25) is 4.99 Å². The first-order valence-electron chi connectivity index (χ1n) is 14.4. The summed E-state index contributed by atoms with van der Waals surface area (Å²) in [6, 6.07) is 2.26. The molecule has 0 bridgehead atoms. The fraction of sp³-hybridized carbons (Fsp3) is 0.559. The fourth-order valence-corrected chi connectivity index (χ4v) is 4.35. The van der Waals surface area contributed by atoms with Crippen molar-refractivity contribution in [1.82, 2.24) is 9.80 Å². The summed E-state index contributed by atoms with van der Waals surface area (Å²) in [5.74, 6) is 0. The summed E-state index contributed by atoms with van der Waals surface area (Å²) in [6.45, 7) is 28.2. The topological polar surface area (TPSA) is 68.9 Å². The van der Waals surface area contributed by atoms with E-state index in [0.717, 1.165) is 49.2 Å². The van der Waals surface area contributed by atoms with Gasteiger partial charge in [0.15, 0.2) is 0 Å². The summed E-state index contributed by atoms with van der Waals surface area (Å²) >= 11 is 0. The number of carbonyl (C=O) groups is 1. The Morgan fingerprint density at radius 3 is 2.30 bits per heavy atom. The van der Waals surface area contributed by atoms with Crippen molar-refractivity contribution >= 4 is 11.8 Å². The minimum Gasteiger partial charge on any atom is -0.444 e. The molecule has 1 aliphatic heterocycles. The van der Waals surface area contributed by atoms with Crippen molar-refractivity contribution in [2.45, 2.75) is 107 Å². The smallest absolute Gasteiger partial charge is 0.410 e. The predicted octanol–water partition coefficient (Wildman–Crippen LogP) is 8.92. The first kappa shape index (κ1) is 36.7. The molecule has 0 aliphatic carbocycles. The highest BCUT2D eigenvalue weighted by Gasteiger charge is 2.31. The molecule has 6 nitrogen and oxygen atoms in total. The maximum atomic E-state index is 12.4. The number of nitriles is 1. The Labute approximate surface area is 245 Å². The molecule has 0 radical (unpaired) electrons. The van der Waals surface area contributed by atoms with Gasteiger partial charge in [0.25, 0.3) is 0 Å². The summed E-state index contributed by atoms with van der Waals surface area (Å²) < 4.78 is 5.53. The molecule has 0 saturated carbocycles. The first-order valence-corrected chi connectivity index (χ1v) is 14.4. The van der Waals surface area contributed by atoms with E-state index in [1.807, 2.05) is 63.8 Å². The van der Waals surface area contributed by atoms with Gasteiger partial charge in [0.05, 0.1) is 11.6 Å². The summed E-state index contributed by atoms with van der Waals surface area (Å²) in [5, 5.41) is 8.85. The van der Waals surface area contributed by atoms with E-state index >= 15 is 0 Å². The monoisotopic (exact) mass is 550 g/mol. The Hall–Kier alpha value is -3.33. The summed E-state index contributed by atoms with van der Waals surface area (Å²) in [6.07, 6.45) is 14.5. The highest BCUT2D eigenvalue weighted by molar-refractivity contribution is 6.02. The fourth-order valence-electron chi connectivity index (χ4n) is 4.35. The van der Waals surface area contributed by atoms with Crippen molar-refractivity contribution < 1.29 is 9.53 Å². The molecule has 1 amide bonds. The largest absolute Gasteiger partial charge is 0.444 e. The Kier molecular flexibility index (Phi) is 17.3. The molecule has 1 saturated heterocycles. The number of amides is 1. The lowest BCUT2D eigenvalue weighted by molar-refractivity contribution is 0.00494. The van der Waals surface area contributed by atoms with Gasteiger partial charge < -0.3 is 14.5 Å². The van der Waals surface area contributed by atoms with Gasteiger partial charge in [-0.2, -0.15) is 5.26 Å². The van der Waals surface area contributed by atoms with Crippen LogP contribution in [0.2, 0.25) is 0 Å². The minimum absolute atomic E-state index is 0.0809. The van der Waals surface area contributed by atoms with Crippen LogP contribution in [-0.2, 0) is 4.74 Å². The zero-order valence-electron chi connectivity index (χ0n) is 27.1. The normalized spacial score (nSPS) is 18.1. The third-order valence-corrected chi connectivity index (χ3v) is 6.39. The molecule has 1 fully saturated rings. The second kappa shape index (κ2) is 18.9. The lowest BCUT2D eigenvalue weighted by Gasteiger charge is -2.42. The number of rotatable bonds is 9. The summed E-state index contributed by atoms with van der Waals surface area (Å²) in [4.78, 5) is 21.0. The van der Waals surface area contributed by atoms with Crippen LogP contribution < -0.4 is 0 Å². The van der Waals surface area contributed by atoms with Gasteiger partial charge in [0.2, 0.25) is 0 Å². The van der Waals surface area contributed by atoms with E-state index in [4.69, 9.17) is 10.00 Å². The number of hydrogen-bond donors (Lipinski definition) is 0. The lowest BCUT2D eigenvalue weighted by atomic mass is 9.99. The average molecular weight is 551 g/mol. The average Bonchev–Trinajstić information content (AvgIpc) is 2.87. The maximum absolute atomic E-state index is 12.4. The number of nitrogens with zero attached hydrogens (tertiary/aromatic N) is 4. The molecule has 1 rings (SSSR count). The third kappa shape index (κ3) is 13.6. The summed E-state index contributed by atoms with van der Waals surface area (Å²) in [7, 11) is 0. The zero-order chi connectivity index (χ0) is 30.9. The molecule has 0 aromatic rings. The van der Waals surface area contributed by atoms with Crippen LogP contribution in [0.4, 0.5) is 4.79 Å². The van der Waals surface area contributed by atoms with Gasteiger partial charge >= 0.3 is 6.09 Å². The van der Waals surface area contributed by atoms with Crippen LogP contribution in [0.1, 0.15) is 95.4 Å². The molecule has 1 heterocycles. The van der Waals surface area contributed by atoms with E-state index < -0.39 is 5.60 Å². The number of carbonyl (C=O) groups excluding carboxylic acids is 1. The van der Waals surface area contributed by atoms with Crippen LogP contribution in [0, 0.1) is 11.3 Å². The van der Waals surface area contributed by atoms with E-state index in [2.05, 4.69) is 70.2 Å². The second-order valence-corrected chi connectivity index (χ2v) is 11.1. The zero-order valence-corrected chi connectivity index (χ0v) is 27.1.